The zero-order valence-electron chi connectivity index (χ0n) is 16.7. The number of hydrogen-bond donors (Lipinski definition) is 1. The minimum atomic E-state index is -0.579. The summed E-state index contributed by atoms with van der Waals surface area (Å²) < 4.78 is 6.92. The average molecular weight is 391 g/mol. The topological polar surface area (TPSA) is 73.2 Å². The fourth-order valence-corrected chi connectivity index (χ4v) is 3.08. The van der Waals surface area contributed by atoms with Gasteiger partial charge in [-0.3, -0.25) is 4.79 Å². The van der Waals surface area contributed by atoms with Crippen molar-refractivity contribution >= 4 is 11.9 Å². The van der Waals surface area contributed by atoms with Crippen molar-refractivity contribution in [2.24, 2.45) is 0 Å². The number of para-hydroxylation sites is 1. The van der Waals surface area contributed by atoms with E-state index in [0.29, 0.717) is 11.3 Å². The van der Waals surface area contributed by atoms with Crippen LogP contribution in [0, 0.1) is 0 Å². The highest BCUT2D eigenvalue weighted by molar-refractivity contribution is 5.97. The summed E-state index contributed by atoms with van der Waals surface area (Å²) in [5.41, 5.74) is 2.46. The molecule has 0 radical (unpaired) electrons. The van der Waals surface area contributed by atoms with E-state index in [0.717, 1.165) is 24.1 Å². The van der Waals surface area contributed by atoms with Crippen LogP contribution in [0.4, 0.5) is 0 Å². The largest absolute Gasteiger partial charge is 0.452 e. The number of amides is 1. The Bertz CT molecular complexity index is 952. The van der Waals surface area contributed by atoms with E-state index in [4.69, 9.17) is 4.74 Å². The van der Waals surface area contributed by atoms with Gasteiger partial charge in [0.1, 0.15) is 11.3 Å². The predicted molar refractivity (Wildman–Crippen MR) is 112 cm³/mol. The van der Waals surface area contributed by atoms with Gasteiger partial charge in [0.2, 0.25) is 0 Å². The summed E-state index contributed by atoms with van der Waals surface area (Å²) in [6.07, 6.45) is 3.49. The molecule has 29 heavy (non-hydrogen) atoms. The standard InChI is InChI=1S/C23H25N3O3/c1-3-10-17(2)24-21(27)16-29-23(28)20-15-26(19-13-8-5-9-14-19)25-22(20)18-11-6-4-7-12-18/h4-9,11-15,17H,3,10,16H2,1-2H3,(H,24,27)/t17-/m1/s1. The molecule has 6 heteroatoms. The number of hydrogen-bond acceptors (Lipinski definition) is 4. The molecule has 0 fully saturated rings. The molecule has 1 heterocycles. The van der Waals surface area contributed by atoms with Crippen LogP contribution in [0.5, 0.6) is 0 Å². The number of carbonyl (C=O) groups is 2. The lowest BCUT2D eigenvalue weighted by Crippen LogP contribution is -2.35. The maximum absolute atomic E-state index is 12.7. The van der Waals surface area contributed by atoms with Gasteiger partial charge >= 0.3 is 5.97 Å². The second kappa shape index (κ2) is 9.68. The summed E-state index contributed by atoms with van der Waals surface area (Å²) in [6, 6.07) is 19.0. The molecule has 6 nitrogen and oxygen atoms in total. The zero-order valence-corrected chi connectivity index (χ0v) is 16.7. The van der Waals surface area contributed by atoms with Crippen molar-refractivity contribution in [3.8, 4) is 16.9 Å². The highest BCUT2D eigenvalue weighted by Crippen LogP contribution is 2.24. The molecule has 0 saturated heterocycles. The van der Waals surface area contributed by atoms with Gasteiger partial charge in [0.25, 0.3) is 5.91 Å². The van der Waals surface area contributed by atoms with Gasteiger partial charge in [-0.05, 0) is 25.5 Å². The Balaban J connectivity index is 1.80. The van der Waals surface area contributed by atoms with E-state index in [1.54, 1.807) is 10.9 Å². The maximum Gasteiger partial charge on any atom is 0.342 e. The van der Waals surface area contributed by atoms with E-state index in [1.165, 1.54) is 0 Å². The quantitative estimate of drug-likeness (QED) is 0.589. The molecular weight excluding hydrogens is 366 g/mol. The lowest BCUT2D eigenvalue weighted by Gasteiger charge is -2.12. The molecule has 0 aliphatic heterocycles. The first-order valence-corrected chi connectivity index (χ1v) is 9.75. The Kier molecular flexibility index (Phi) is 6.79. The third kappa shape index (κ3) is 5.31. The predicted octanol–water partition coefficient (Wildman–Crippen LogP) is 4.00. The summed E-state index contributed by atoms with van der Waals surface area (Å²) in [7, 11) is 0. The minimum Gasteiger partial charge on any atom is -0.452 e. The Morgan fingerprint density at radius 1 is 1.07 bits per heavy atom. The number of nitrogens with one attached hydrogen (secondary N) is 1. The summed E-state index contributed by atoms with van der Waals surface area (Å²) in [5.74, 6) is -0.889. The molecule has 1 amide bonds. The molecule has 0 aliphatic carbocycles. The van der Waals surface area contributed by atoms with Crippen LogP contribution < -0.4 is 5.32 Å². The van der Waals surface area contributed by atoms with E-state index in [-0.39, 0.29) is 18.6 Å². The summed E-state index contributed by atoms with van der Waals surface area (Å²) >= 11 is 0. The molecule has 0 spiro atoms. The van der Waals surface area contributed by atoms with Gasteiger partial charge in [0.15, 0.2) is 6.61 Å². The van der Waals surface area contributed by atoms with Gasteiger partial charge < -0.3 is 10.1 Å². The lowest BCUT2D eigenvalue weighted by molar-refractivity contribution is -0.124. The molecule has 0 unspecified atom stereocenters. The number of benzene rings is 2. The van der Waals surface area contributed by atoms with Crippen LogP contribution in [0.3, 0.4) is 0 Å². The highest BCUT2D eigenvalue weighted by Gasteiger charge is 2.21. The van der Waals surface area contributed by atoms with Crippen LogP contribution in [-0.4, -0.2) is 34.3 Å². The van der Waals surface area contributed by atoms with Crippen LogP contribution in [0.1, 0.15) is 37.0 Å². The first-order chi connectivity index (χ1) is 14.1. The van der Waals surface area contributed by atoms with E-state index in [2.05, 4.69) is 17.3 Å². The molecule has 1 aromatic heterocycles. The Labute approximate surface area is 170 Å². The van der Waals surface area contributed by atoms with Crippen LogP contribution in [0.15, 0.2) is 66.9 Å². The molecule has 150 valence electrons. The molecular formula is C23H25N3O3. The SMILES string of the molecule is CCC[C@@H](C)NC(=O)COC(=O)c1cn(-c2ccccc2)nc1-c1ccccc1. The fraction of sp³-hybridized carbons (Fsp3) is 0.261. The smallest absolute Gasteiger partial charge is 0.342 e. The van der Waals surface area contributed by atoms with Gasteiger partial charge in [-0.1, -0.05) is 61.9 Å². The second-order valence-corrected chi connectivity index (χ2v) is 6.87. The number of ether oxygens (including phenoxy) is 1. The normalized spacial score (nSPS) is 11.7. The summed E-state index contributed by atoms with van der Waals surface area (Å²) in [5, 5.41) is 7.41. The molecule has 1 N–H and O–H groups in total. The molecule has 3 rings (SSSR count). The van der Waals surface area contributed by atoms with Gasteiger partial charge in [-0.25, -0.2) is 9.48 Å². The van der Waals surface area contributed by atoms with Crippen molar-refractivity contribution in [2.75, 3.05) is 6.61 Å². The van der Waals surface area contributed by atoms with Crippen LogP contribution >= 0.6 is 0 Å². The van der Waals surface area contributed by atoms with E-state index >= 15 is 0 Å². The number of aromatic nitrogens is 2. The van der Waals surface area contributed by atoms with Crippen molar-refractivity contribution in [1.29, 1.82) is 0 Å². The van der Waals surface area contributed by atoms with Crippen molar-refractivity contribution in [3.05, 3.63) is 72.4 Å². The monoisotopic (exact) mass is 391 g/mol. The molecule has 3 aromatic rings. The van der Waals surface area contributed by atoms with Crippen LogP contribution in [0.2, 0.25) is 0 Å². The van der Waals surface area contributed by atoms with E-state index < -0.39 is 5.97 Å². The van der Waals surface area contributed by atoms with Gasteiger partial charge in [-0.2, -0.15) is 5.10 Å². The lowest BCUT2D eigenvalue weighted by atomic mass is 10.1. The Hall–Kier alpha value is -3.41. The molecule has 0 bridgehead atoms. The van der Waals surface area contributed by atoms with Crippen LogP contribution in [0.25, 0.3) is 16.9 Å². The van der Waals surface area contributed by atoms with Crippen molar-refractivity contribution < 1.29 is 14.3 Å². The Morgan fingerprint density at radius 3 is 2.38 bits per heavy atom. The minimum absolute atomic E-state index is 0.0481. The van der Waals surface area contributed by atoms with E-state index in [9.17, 15) is 9.59 Å². The van der Waals surface area contributed by atoms with Gasteiger partial charge in [0, 0.05) is 17.8 Å². The average Bonchev–Trinajstić information content (AvgIpc) is 3.19. The second-order valence-electron chi connectivity index (χ2n) is 6.87. The summed E-state index contributed by atoms with van der Waals surface area (Å²) in [6.45, 7) is 3.66. The highest BCUT2D eigenvalue weighted by atomic mass is 16.5. The van der Waals surface area contributed by atoms with Crippen LogP contribution in [-0.2, 0) is 9.53 Å². The van der Waals surface area contributed by atoms with Gasteiger partial charge in [-0.15, -0.1) is 0 Å². The molecule has 0 aliphatic rings. The number of carbonyl (C=O) groups excluding carboxylic acids is 2. The third-order valence-electron chi connectivity index (χ3n) is 4.47. The van der Waals surface area contributed by atoms with Crippen molar-refractivity contribution in [2.45, 2.75) is 32.7 Å². The molecule has 1 atom stereocenters. The maximum atomic E-state index is 12.7. The Morgan fingerprint density at radius 2 is 1.72 bits per heavy atom. The number of esters is 1. The van der Waals surface area contributed by atoms with Crippen molar-refractivity contribution in [1.82, 2.24) is 15.1 Å². The molecule has 2 aromatic carbocycles. The first kappa shape index (κ1) is 20.3. The van der Waals surface area contributed by atoms with E-state index in [1.807, 2.05) is 67.6 Å². The molecule has 0 saturated carbocycles. The fourth-order valence-electron chi connectivity index (χ4n) is 3.08. The third-order valence-corrected chi connectivity index (χ3v) is 4.47. The first-order valence-electron chi connectivity index (χ1n) is 9.75. The number of rotatable bonds is 8. The van der Waals surface area contributed by atoms with Crippen molar-refractivity contribution in [3.63, 3.8) is 0 Å². The zero-order chi connectivity index (χ0) is 20.6. The number of nitrogens with zero attached hydrogens (tertiary/aromatic N) is 2. The van der Waals surface area contributed by atoms with Gasteiger partial charge in [0.05, 0.1) is 5.69 Å². The summed E-state index contributed by atoms with van der Waals surface area (Å²) in [4.78, 5) is 24.8.